The molecule has 0 spiro atoms. The number of carbonyl (C=O) groups excluding carboxylic acids is 2. The number of carbonyl (C=O) groups is 2. The first-order valence-electron chi connectivity index (χ1n) is 12.9. The third-order valence-corrected chi connectivity index (χ3v) is 6.79. The topological polar surface area (TPSA) is 137 Å². The molecule has 11 heteroatoms. The van der Waals surface area contributed by atoms with Crippen LogP contribution in [0.4, 0.5) is 11.6 Å². The molecule has 0 saturated carbocycles. The first-order chi connectivity index (χ1) is 18.1. The van der Waals surface area contributed by atoms with Crippen LogP contribution in [0.3, 0.4) is 0 Å². The molecule has 1 atom stereocenters. The zero-order valence-electron chi connectivity index (χ0n) is 22.3. The monoisotopic (exact) mass is 521 g/mol. The van der Waals surface area contributed by atoms with Gasteiger partial charge < -0.3 is 20.5 Å². The summed E-state index contributed by atoms with van der Waals surface area (Å²) in [7, 11) is 1.54. The molecule has 202 valence electrons. The van der Waals surface area contributed by atoms with Gasteiger partial charge in [-0.15, -0.1) is 0 Å². The number of aryl methyl sites for hydroxylation is 1. The maximum absolute atomic E-state index is 13.8. The molecule has 1 saturated heterocycles. The van der Waals surface area contributed by atoms with Crippen molar-refractivity contribution < 1.29 is 9.59 Å². The minimum Gasteiger partial charge on any atom is -0.341 e. The number of piperidine rings is 1. The Morgan fingerprint density at radius 3 is 2.63 bits per heavy atom. The molecule has 3 heterocycles. The Kier molecular flexibility index (Phi) is 7.96. The second kappa shape index (κ2) is 11.2. The highest BCUT2D eigenvalue weighted by Crippen LogP contribution is 2.23. The van der Waals surface area contributed by atoms with E-state index in [2.05, 4.69) is 5.32 Å². The summed E-state index contributed by atoms with van der Waals surface area (Å²) in [4.78, 5) is 59.4. The summed E-state index contributed by atoms with van der Waals surface area (Å²) in [6.07, 6.45) is 5.60. The highest BCUT2D eigenvalue weighted by atomic mass is 16.2. The zero-order chi connectivity index (χ0) is 27.6. The molecule has 3 aromatic rings. The van der Waals surface area contributed by atoms with Crippen LogP contribution in [0.5, 0.6) is 0 Å². The van der Waals surface area contributed by atoms with Crippen LogP contribution in [0, 0.1) is 5.92 Å². The maximum Gasteiger partial charge on any atom is 0.332 e. The van der Waals surface area contributed by atoms with Crippen molar-refractivity contribution >= 4 is 34.5 Å². The Hall–Kier alpha value is -3.99. The number of ketones is 1. The summed E-state index contributed by atoms with van der Waals surface area (Å²) in [5.41, 5.74) is 6.03. The van der Waals surface area contributed by atoms with Crippen molar-refractivity contribution in [1.29, 1.82) is 0 Å². The van der Waals surface area contributed by atoms with Gasteiger partial charge in [0, 0.05) is 44.2 Å². The number of aromatic nitrogens is 4. The molecule has 0 aliphatic carbocycles. The third kappa shape index (κ3) is 5.19. The van der Waals surface area contributed by atoms with Crippen molar-refractivity contribution in [3.05, 3.63) is 62.8 Å². The van der Waals surface area contributed by atoms with E-state index in [1.165, 1.54) is 4.57 Å². The summed E-state index contributed by atoms with van der Waals surface area (Å²) in [6, 6.07) is 6.56. The predicted molar refractivity (Wildman–Crippen MR) is 148 cm³/mol. The normalized spacial score (nSPS) is 16.1. The zero-order valence-corrected chi connectivity index (χ0v) is 22.3. The Bertz CT molecular complexity index is 1510. The Labute approximate surface area is 220 Å². The number of allylic oxidation sites excluding steroid dienone is 2. The van der Waals surface area contributed by atoms with Gasteiger partial charge in [0.25, 0.3) is 5.56 Å². The lowest BCUT2D eigenvalue weighted by molar-refractivity contribution is -0.118. The number of para-hydroxylation sites is 1. The van der Waals surface area contributed by atoms with Gasteiger partial charge >= 0.3 is 5.69 Å². The molecule has 1 aromatic carbocycles. The number of hydrogen-bond acceptors (Lipinski definition) is 7. The van der Waals surface area contributed by atoms with Gasteiger partial charge in [0.15, 0.2) is 16.9 Å². The number of Topliss-reactive ketones (excluding diaryl/α,β-unsaturated/α-hetero) is 1. The van der Waals surface area contributed by atoms with Gasteiger partial charge in [0.2, 0.25) is 11.9 Å². The van der Waals surface area contributed by atoms with E-state index in [9.17, 15) is 19.2 Å². The number of nitrogens with one attached hydrogen (secondary N) is 1. The van der Waals surface area contributed by atoms with Crippen molar-refractivity contribution in [1.82, 2.24) is 18.7 Å². The second-order valence-corrected chi connectivity index (χ2v) is 9.96. The fourth-order valence-corrected chi connectivity index (χ4v) is 4.66. The summed E-state index contributed by atoms with van der Waals surface area (Å²) in [5.74, 6) is -0.412. The number of nitrogens with two attached hydrogens (primary N) is 1. The molecule has 0 radical (unpaired) electrons. The SMILES string of the molecule is C/C=C/Cn1c(N2CCC[C@H](N)C2)nc2c1c(=O)n(CC(=O)c1ccccc1NC(=O)C(C)C)c(=O)n2C. The van der Waals surface area contributed by atoms with Gasteiger partial charge in [-0.05, 0) is 31.9 Å². The number of anilines is 2. The van der Waals surface area contributed by atoms with Gasteiger partial charge in [-0.3, -0.25) is 23.5 Å². The smallest absolute Gasteiger partial charge is 0.332 e. The molecule has 0 bridgehead atoms. The van der Waals surface area contributed by atoms with Gasteiger partial charge in [-0.25, -0.2) is 4.79 Å². The number of benzene rings is 1. The molecule has 3 N–H and O–H groups in total. The quantitative estimate of drug-likeness (QED) is 0.341. The maximum atomic E-state index is 13.8. The van der Waals surface area contributed by atoms with E-state index in [0.29, 0.717) is 24.7 Å². The molecule has 2 aromatic heterocycles. The van der Waals surface area contributed by atoms with Gasteiger partial charge in [-0.2, -0.15) is 4.98 Å². The molecule has 38 heavy (non-hydrogen) atoms. The first-order valence-corrected chi connectivity index (χ1v) is 12.9. The van der Waals surface area contributed by atoms with E-state index in [1.54, 1.807) is 49.7 Å². The van der Waals surface area contributed by atoms with Crippen LogP contribution in [0.15, 0.2) is 46.0 Å². The lowest BCUT2D eigenvalue weighted by Crippen LogP contribution is -2.44. The average molecular weight is 522 g/mol. The number of nitrogens with zero attached hydrogens (tertiary/aromatic N) is 5. The van der Waals surface area contributed by atoms with Crippen molar-refractivity contribution in [3.63, 3.8) is 0 Å². The second-order valence-electron chi connectivity index (χ2n) is 9.96. The average Bonchev–Trinajstić information content (AvgIpc) is 3.28. The molecule has 0 unspecified atom stereocenters. The molecule has 1 aliphatic rings. The Morgan fingerprint density at radius 2 is 1.95 bits per heavy atom. The molecule has 1 fully saturated rings. The third-order valence-electron chi connectivity index (χ3n) is 6.79. The molecular formula is C27H35N7O4. The van der Waals surface area contributed by atoms with Crippen LogP contribution < -0.4 is 27.2 Å². The van der Waals surface area contributed by atoms with Crippen LogP contribution in [0.25, 0.3) is 11.2 Å². The van der Waals surface area contributed by atoms with Crippen molar-refractivity contribution in [2.24, 2.45) is 18.7 Å². The number of imidazole rings is 1. The number of fused-ring (bicyclic) bond motifs is 1. The standard InChI is InChI=1S/C27H35N7O4/c1-5-6-14-33-22-23(30-26(33)32-13-9-10-18(28)15-32)31(4)27(38)34(25(22)37)16-21(35)19-11-7-8-12-20(19)29-24(36)17(2)3/h5-8,11-12,17-18H,9-10,13-16,28H2,1-4H3,(H,29,36)/b6-5+/t18-/m0/s1. The summed E-state index contributed by atoms with van der Waals surface area (Å²) in [6.45, 7) is 6.62. The van der Waals surface area contributed by atoms with E-state index in [-0.39, 0.29) is 34.6 Å². The van der Waals surface area contributed by atoms with Crippen molar-refractivity contribution in [2.75, 3.05) is 23.3 Å². The van der Waals surface area contributed by atoms with Crippen molar-refractivity contribution in [2.45, 2.75) is 52.7 Å². The largest absolute Gasteiger partial charge is 0.341 e. The van der Waals surface area contributed by atoms with Gasteiger partial charge in [0.05, 0.1) is 12.2 Å². The van der Waals surface area contributed by atoms with E-state index in [1.807, 2.05) is 24.0 Å². The molecule has 11 nitrogen and oxygen atoms in total. The Balaban J connectivity index is 1.81. The first kappa shape index (κ1) is 27.1. The van der Waals surface area contributed by atoms with Crippen LogP contribution >= 0.6 is 0 Å². The molecule has 1 aliphatic heterocycles. The number of amides is 1. The van der Waals surface area contributed by atoms with E-state index in [4.69, 9.17) is 10.7 Å². The minimum atomic E-state index is -0.642. The van der Waals surface area contributed by atoms with E-state index in [0.717, 1.165) is 24.0 Å². The van der Waals surface area contributed by atoms with E-state index >= 15 is 0 Å². The van der Waals surface area contributed by atoms with Gasteiger partial charge in [0.1, 0.15) is 0 Å². The highest BCUT2D eigenvalue weighted by Gasteiger charge is 2.27. The van der Waals surface area contributed by atoms with Gasteiger partial charge in [-0.1, -0.05) is 38.1 Å². The lowest BCUT2D eigenvalue weighted by atomic mass is 10.1. The summed E-state index contributed by atoms with van der Waals surface area (Å²) in [5, 5.41) is 2.75. The van der Waals surface area contributed by atoms with Crippen LogP contribution in [-0.4, -0.2) is 49.5 Å². The molecule has 4 rings (SSSR count). The predicted octanol–water partition coefficient (Wildman–Crippen LogP) is 1.88. The van der Waals surface area contributed by atoms with Crippen LogP contribution in [0.2, 0.25) is 0 Å². The fourth-order valence-electron chi connectivity index (χ4n) is 4.66. The lowest BCUT2D eigenvalue weighted by Gasteiger charge is -2.31. The van der Waals surface area contributed by atoms with Crippen LogP contribution in [-0.2, 0) is 24.9 Å². The molecule has 1 amide bonds. The van der Waals surface area contributed by atoms with Crippen molar-refractivity contribution in [3.8, 4) is 0 Å². The highest BCUT2D eigenvalue weighted by molar-refractivity contribution is 6.05. The molecular weight excluding hydrogens is 486 g/mol. The minimum absolute atomic E-state index is 0.00640. The van der Waals surface area contributed by atoms with E-state index < -0.39 is 23.6 Å². The summed E-state index contributed by atoms with van der Waals surface area (Å²) >= 11 is 0. The number of rotatable bonds is 8. The van der Waals surface area contributed by atoms with Crippen LogP contribution in [0.1, 0.15) is 44.0 Å². The number of hydrogen-bond donors (Lipinski definition) is 2. The summed E-state index contributed by atoms with van der Waals surface area (Å²) < 4.78 is 4.02. The fraction of sp³-hybridized carbons (Fsp3) is 0.444. The Morgan fingerprint density at radius 1 is 1.21 bits per heavy atom.